The van der Waals surface area contributed by atoms with E-state index in [-0.39, 0.29) is 11.7 Å². The van der Waals surface area contributed by atoms with E-state index in [1.165, 1.54) is 5.56 Å². The largest absolute Gasteiger partial charge is 0.312 e. The smallest absolute Gasteiger partial charge is 0.147 e. The van der Waals surface area contributed by atoms with Gasteiger partial charge in [-0.1, -0.05) is 35.9 Å². The fourth-order valence-corrected chi connectivity index (χ4v) is 3.17. The van der Waals surface area contributed by atoms with Crippen LogP contribution >= 0.6 is 11.6 Å². The van der Waals surface area contributed by atoms with Gasteiger partial charge in [0.1, 0.15) is 5.78 Å². The topological polar surface area (TPSA) is 46.9 Å². The second-order valence-corrected chi connectivity index (χ2v) is 5.87. The molecule has 0 spiro atoms. The molecule has 1 N–H and O–H groups in total. The van der Waals surface area contributed by atoms with Gasteiger partial charge in [0.05, 0.1) is 28.7 Å². The molecule has 1 atom stereocenters. The van der Waals surface area contributed by atoms with E-state index in [2.05, 4.69) is 22.5 Å². The second-order valence-electron chi connectivity index (χ2n) is 5.50. The van der Waals surface area contributed by atoms with Gasteiger partial charge >= 0.3 is 0 Å². The van der Waals surface area contributed by atoms with Crippen molar-refractivity contribution in [1.29, 1.82) is 0 Å². The van der Waals surface area contributed by atoms with Crippen LogP contribution in [0.1, 0.15) is 28.4 Å². The fraction of sp³-hybridized carbons (Fsp3) is 0.375. The number of rotatable bonds is 3. The average molecular weight is 304 g/mol. The Bertz CT molecular complexity index is 693. The first-order valence-corrected chi connectivity index (χ1v) is 7.45. The van der Waals surface area contributed by atoms with Crippen molar-refractivity contribution in [3.8, 4) is 0 Å². The minimum absolute atomic E-state index is 0.110. The molecule has 0 aliphatic carbocycles. The Labute approximate surface area is 129 Å². The van der Waals surface area contributed by atoms with Crippen LogP contribution < -0.4 is 5.32 Å². The van der Waals surface area contributed by atoms with Crippen LogP contribution in [0.15, 0.2) is 24.3 Å². The SMILES string of the molecule is Cc1nn(C)c(CC(=O)C2CNCc3ccccc32)c1Cl. The predicted molar refractivity (Wildman–Crippen MR) is 82.6 cm³/mol. The van der Waals surface area contributed by atoms with Gasteiger partial charge in [-0.25, -0.2) is 0 Å². The molecule has 1 aromatic carbocycles. The van der Waals surface area contributed by atoms with Crippen LogP contribution in [0.4, 0.5) is 0 Å². The van der Waals surface area contributed by atoms with Crippen LogP contribution in [0.2, 0.25) is 5.02 Å². The van der Waals surface area contributed by atoms with Gasteiger partial charge in [0.2, 0.25) is 0 Å². The van der Waals surface area contributed by atoms with E-state index in [1.54, 1.807) is 4.68 Å². The van der Waals surface area contributed by atoms with Crippen LogP contribution in [0.3, 0.4) is 0 Å². The molecular formula is C16H18ClN3O. The molecule has 2 heterocycles. The number of carbonyl (C=O) groups excluding carboxylic acids is 1. The molecule has 1 aliphatic heterocycles. The van der Waals surface area contributed by atoms with E-state index < -0.39 is 0 Å². The number of carbonyl (C=O) groups is 1. The van der Waals surface area contributed by atoms with Crippen LogP contribution in [0.5, 0.6) is 0 Å². The lowest BCUT2D eigenvalue weighted by Gasteiger charge is -2.25. The number of aromatic nitrogens is 2. The van der Waals surface area contributed by atoms with Crippen molar-refractivity contribution in [2.45, 2.75) is 25.8 Å². The third kappa shape index (κ3) is 2.61. The lowest BCUT2D eigenvalue weighted by Crippen LogP contribution is -2.33. The number of halogens is 1. The minimum Gasteiger partial charge on any atom is -0.312 e. The Morgan fingerprint density at radius 2 is 2.24 bits per heavy atom. The number of nitrogens with zero attached hydrogens (tertiary/aromatic N) is 2. The van der Waals surface area contributed by atoms with Crippen LogP contribution in [0, 0.1) is 6.92 Å². The Kier molecular flexibility index (Phi) is 3.83. The molecule has 110 valence electrons. The number of aryl methyl sites for hydroxylation is 2. The highest BCUT2D eigenvalue weighted by Gasteiger charge is 2.27. The summed E-state index contributed by atoms with van der Waals surface area (Å²) in [4.78, 5) is 12.7. The summed E-state index contributed by atoms with van der Waals surface area (Å²) in [6.45, 7) is 3.36. The van der Waals surface area contributed by atoms with Gasteiger partial charge in [-0.2, -0.15) is 5.10 Å². The third-order valence-electron chi connectivity index (χ3n) is 4.09. The minimum atomic E-state index is -0.110. The summed E-state index contributed by atoms with van der Waals surface area (Å²) in [5.74, 6) is 0.0702. The van der Waals surface area contributed by atoms with Crippen LogP contribution in [-0.4, -0.2) is 22.1 Å². The lowest BCUT2D eigenvalue weighted by molar-refractivity contribution is -0.120. The molecule has 1 aliphatic rings. The average Bonchev–Trinajstić information content (AvgIpc) is 2.73. The predicted octanol–water partition coefficient (Wildman–Crippen LogP) is 2.38. The third-order valence-corrected chi connectivity index (χ3v) is 4.58. The molecule has 2 aromatic rings. The van der Waals surface area contributed by atoms with Gasteiger partial charge in [-0.15, -0.1) is 0 Å². The Morgan fingerprint density at radius 1 is 1.48 bits per heavy atom. The van der Waals surface area contributed by atoms with Crippen LogP contribution in [0.25, 0.3) is 0 Å². The summed E-state index contributed by atoms with van der Waals surface area (Å²) in [7, 11) is 1.83. The quantitative estimate of drug-likeness (QED) is 0.947. The summed E-state index contributed by atoms with van der Waals surface area (Å²) < 4.78 is 1.71. The Hall–Kier alpha value is -1.65. The van der Waals surface area contributed by atoms with Gasteiger partial charge in [-0.3, -0.25) is 9.48 Å². The Morgan fingerprint density at radius 3 is 2.95 bits per heavy atom. The zero-order valence-electron chi connectivity index (χ0n) is 12.2. The number of ketones is 1. The van der Waals surface area contributed by atoms with E-state index in [9.17, 15) is 4.79 Å². The van der Waals surface area contributed by atoms with Gasteiger partial charge in [0.25, 0.3) is 0 Å². The molecule has 3 rings (SSSR count). The van der Waals surface area contributed by atoms with E-state index in [4.69, 9.17) is 11.6 Å². The molecular weight excluding hydrogens is 286 g/mol. The van der Waals surface area contributed by atoms with Crippen LogP contribution in [-0.2, 0) is 24.8 Å². The molecule has 21 heavy (non-hydrogen) atoms. The summed E-state index contributed by atoms with van der Waals surface area (Å²) >= 11 is 6.25. The molecule has 0 amide bonds. The normalized spacial score (nSPS) is 17.6. The zero-order valence-corrected chi connectivity index (χ0v) is 12.9. The van der Waals surface area contributed by atoms with Crippen molar-refractivity contribution in [3.63, 3.8) is 0 Å². The maximum Gasteiger partial charge on any atom is 0.147 e. The molecule has 5 heteroatoms. The lowest BCUT2D eigenvalue weighted by atomic mass is 9.86. The van der Waals surface area contributed by atoms with Crippen molar-refractivity contribution < 1.29 is 4.79 Å². The highest BCUT2D eigenvalue weighted by atomic mass is 35.5. The van der Waals surface area contributed by atoms with Crippen molar-refractivity contribution >= 4 is 17.4 Å². The highest BCUT2D eigenvalue weighted by Crippen LogP contribution is 2.27. The molecule has 0 bridgehead atoms. The van der Waals surface area contributed by atoms with Crippen molar-refractivity contribution in [1.82, 2.24) is 15.1 Å². The number of hydrogen-bond donors (Lipinski definition) is 1. The zero-order chi connectivity index (χ0) is 15.0. The van der Waals surface area contributed by atoms with Gasteiger partial charge in [-0.05, 0) is 18.1 Å². The summed E-state index contributed by atoms with van der Waals surface area (Å²) in [6, 6.07) is 8.12. The van der Waals surface area contributed by atoms with E-state index >= 15 is 0 Å². The number of Topliss-reactive ketones (excluding diaryl/α,β-unsaturated/α-hetero) is 1. The first-order valence-electron chi connectivity index (χ1n) is 7.07. The first kappa shape index (κ1) is 14.3. The van der Waals surface area contributed by atoms with E-state index in [1.807, 2.05) is 26.1 Å². The highest BCUT2D eigenvalue weighted by molar-refractivity contribution is 6.32. The standard InChI is InChI=1S/C16H18ClN3O/c1-10-16(17)14(20(2)19-10)7-15(21)13-9-18-8-11-5-3-4-6-12(11)13/h3-6,13,18H,7-9H2,1-2H3. The first-order chi connectivity index (χ1) is 10.1. The fourth-order valence-electron chi connectivity index (χ4n) is 2.94. The number of fused-ring (bicyclic) bond motifs is 1. The summed E-state index contributed by atoms with van der Waals surface area (Å²) in [5.41, 5.74) is 3.90. The van der Waals surface area contributed by atoms with Gasteiger partial charge < -0.3 is 5.32 Å². The van der Waals surface area contributed by atoms with Crippen molar-refractivity contribution in [2.75, 3.05) is 6.54 Å². The molecule has 4 nitrogen and oxygen atoms in total. The molecule has 1 aromatic heterocycles. The van der Waals surface area contributed by atoms with Crippen molar-refractivity contribution in [2.24, 2.45) is 7.05 Å². The summed E-state index contributed by atoms with van der Waals surface area (Å²) in [6.07, 6.45) is 0.316. The van der Waals surface area contributed by atoms with Gasteiger partial charge in [0.15, 0.2) is 0 Å². The van der Waals surface area contributed by atoms with Gasteiger partial charge in [0, 0.05) is 20.1 Å². The summed E-state index contributed by atoms with van der Waals surface area (Å²) in [5, 5.41) is 8.19. The maximum atomic E-state index is 12.7. The molecule has 0 saturated heterocycles. The monoisotopic (exact) mass is 303 g/mol. The molecule has 0 saturated carbocycles. The van der Waals surface area contributed by atoms with E-state index in [0.717, 1.165) is 23.5 Å². The molecule has 0 fully saturated rings. The van der Waals surface area contributed by atoms with Crippen molar-refractivity contribution in [3.05, 3.63) is 51.8 Å². The number of benzene rings is 1. The maximum absolute atomic E-state index is 12.7. The number of hydrogen-bond acceptors (Lipinski definition) is 3. The second kappa shape index (κ2) is 5.62. The number of nitrogens with one attached hydrogen (secondary N) is 1. The molecule has 1 unspecified atom stereocenters. The molecule has 0 radical (unpaired) electrons. The Balaban J connectivity index is 1.87. The van der Waals surface area contributed by atoms with E-state index in [0.29, 0.717) is 18.0 Å².